The Morgan fingerprint density at radius 3 is 2.38 bits per heavy atom. The van der Waals surface area contributed by atoms with E-state index in [2.05, 4.69) is 4.74 Å². The van der Waals surface area contributed by atoms with Crippen LogP contribution in [0.2, 0.25) is 0 Å². The highest BCUT2D eigenvalue weighted by atomic mass is 16.6. The van der Waals surface area contributed by atoms with Gasteiger partial charge >= 0.3 is 12.1 Å². The molecule has 1 unspecified atom stereocenters. The number of amides is 1. The van der Waals surface area contributed by atoms with Gasteiger partial charge in [0, 0.05) is 5.56 Å². The molecule has 1 amide bonds. The Morgan fingerprint density at radius 1 is 1.19 bits per heavy atom. The average Bonchev–Trinajstić information content (AvgIpc) is 2.70. The Hall–Kier alpha value is -2.37. The van der Waals surface area contributed by atoms with Crippen LogP contribution in [-0.4, -0.2) is 36.6 Å². The quantitative estimate of drug-likeness (QED) is 0.585. The SMILES string of the molecule is COC(=O)C1C(=O)c2ccccc2N1C(=O)OC(C)(C)C. The minimum Gasteiger partial charge on any atom is -0.467 e. The number of nitrogens with zero attached hydrogens (tertiary/aromatic N) is 1. The first-order valence-corrected chi connectivity index (χ1v) is 6.49. The fraction of sp³-hybridized carbons (Fsp3) is 0.400. The third-order valence-corrected chi connectivity index (χ3v) is 2.95. The molecule has 1 atom stereocenters. The number of hydrogen-bond donors (Lipinski definition) is 0. The third kappa shape index (κ3) is 2.74. The van der Waals surface area contributed by atoms with Crippen molar-refractivity contribution < 1.29 is 23.9 Å². The van der Waals surface area contributed by atoms with Gasteiger partial charge in [0.2, 0.25) is 6.04 Å². The van der Waals surface area contributed by atoms with Gasteiger partial charge in [-0.1, -0.05) is 12.1 Å². The molecule has 0 aliphatic carbocycles. The van der Waals surface area contributed by atoms with Crippen molar-refractivity contribution in [3.8, 4) is 0 Å². The summed E-state index contributed by atoms with van der Waals surface area (Å²) in [4.78, 5) is 37.6. The van der Waals surface area contributed by atoms with Crippen LogP contribution in [0.3, 0.4) is 0 Å². The first kappa shape index (κ1) is 15.0. The summed E-state index contributed by atoms with van der Waals surface area (Å²) in [5, 5.41) is 0. The lowest BCUT2D eigenvalue weighted by Gasteiger charge is -2.27. The second kappa shape index (κ2) is 5.20. The second-order valence-electron chi connectivity index (χ2n) is 5.66. The number of fused-ring (bicyclic) bond motifs is 1. The van der Waals surface area contributed by atoms with Crippen molar-refractivity contribution in [1.82, 2.24) is 0 Å². The maximum atomic E-state index is 12.3. The van der Waals surface area contributed by atoms with Crippen LogP contribution in [0.4, 0.5) is 10.5 Å². The normalized spacial score (nSPS) is 17.4. The van der Waals surface area contributed by atoms with Crippen molar-refractivity contribution in [3.63, 3.8) is 0 Å². The topological polar surface area (TPSA) is 72.9 Å². The predicted octanol–water partition coefficient (Wildman–Crippen LogP) is 2.17. The van der Waals surface area contributed by atoms with Gasteiger partial charge in [-0.3, -0.25) is 9.69 Å². The first-order chi connectivity index (χ1) is 9.76. The molecule has 21 heavy (non-hydrogen) atoms. The van der Waals surface area contributed by atoms with E-state index in [1.54, 1.807) is 45.0 Å². The molecule has 0 fully saturated rings. The summed E-state index contributed by atoms with van der Waals surface area (Å²) in [6.45, 7) is 5.13. The number of carbonyl (C=O) groups is 3. The zero-order valence-corrected chi connectivity index (χ0v) is 12.4. The average molecular weight is 291 g/mol. The highest BCUT2D eigenvalue weighted by Crippen LogP contribution is 2.33. The Morgan fingerprint density at radius 2 is 1.81 bits per heavy atom. The fourth-order valence-corrected chi connectivity index (χ4v) is 2.13. The van der Waals surface area contributed by atoms with E-state index in [0.717, 1.165) is 4.90 Å². The third-order valence-electron chi connectivity index (χ3n) is 2.95. The van der Waals surface area contributed by atoms with Crippen LogP contribution >= 0.6 is 0 Å². The molecule has 0 spiro atoms. The molecule has 6 nitrogen and oxygen atoms in total. The van der Waals surface area contributed by atoms with Gasteiger partial charge < -0.3 is 9.47 Å². The summed E-state index contributed by atoms with van der Waals surface area (Å²) in [5.41, 5.74) is -0.0795. The Labute approximate surface area is 122 Å². The molecule has 1 aromatic rings. The number of methoxy groups -OCH3 is 1. The lowest BCUT2D eigenvalue weighted by Crippen LogP contribution is -2.48. The number of anilines is 1. The molecule has 1 heterocycles. The van der Waals surface area contributed by atoms with Crippen molar-refractivity contribution in [1.29, 1.82) is 0 Å². The number of hydrogen-bond acceptors (Lipinski definition) is 5. The summed E-state index contributed by atoms with van der Waals surface area (Å²) in [7, 11) is 1.17. The number of ketones is 1. The van der Waals surface area contributed by atoms with E-state index >= 15 is 0 Å². The maximum Gasteiger partial charge on any atom is 0.416 e. The lowest BCUT2D eigenvalue weighted by molar-refractivity contribution is -0.140. The van der Waals surface area contributed by atoms with Crippen molar-refractivity contribution in [2.75, 3.05) is 12.0 Å². The van der Waals surface area contributed by atoms with Gasteiger partial charge in [0.1, 0.15) is 5.60 Å². The summed E-state index contributed by atoms with van der Waals surface area (Å²) >= 11 is 0. The molecule has 0 saturated carbocycles. The number of para-hydroxylation sites is 1. The van der Waals surface area contributed by atoms with E-state index in [-0.39, 0.29) is 0 Å². The predicted molar refractivity (Wildman–Crippen MR) is 75.3 cm³/mol. The largest absolute Gasteiger partial charge is 0.467 e. The van der Waals surface area contributed by atoms with Crippen LogP contribution in [0.5, 0.6) is 0 Å². The zero-order valence-electron chi connectivity index (χ0n) is 12.4. The molecule has 112 valence electrons. The van der Waals surface area contributed by atoms with Gasteiger partial charge in [-0.25, -0.2) is 9.59 Å². The molecular formula is C15H17NO5. The standard InChI is InChI=1S/C15H17NO5/c1-15(2,3)21-14(19)16-10-8-6-5-7-9(10)12(17)11(16)13(18)20-4/h5-8,11H,1-4H3. The highest BCUT2D eigenvalue weighted by Gasteiger charge is 2.47. The summed E-state index contributed by atoms with van der Waals surface area (Å²) in [5.74, 6) is -1.26. The molecule has 0 bridgehead atoms. The van der Waals surface area contributed by atoms with Gasteiger partial charge in [-0.15, -0.1) is 0 Å². The smallest absolute Gasteiger partial charge is 0.416 e. The summed E-state index contributed by atoms with van der Waals surface area (Å²) < 4.78 is 9.92. The summed E-state index contributed by atoms with van der Waals surface area (Å²) in [6, 6.07) is 5.19. The van der Waals surface area contributed by atoms with E-state index < -0.39 is 29.5 Å². The van der Waals surface area contributed by atoms with Crippen LogP contribution in [0.25, 0.3) is 0 Å². The molecule has 0 N–H and O–H groups in total. The molecule has 0 aromatic heterocycles. The lowest BCUT2D eigenvalue weighted by atomic mass is 10.1. The zero-order chi connectivity index (χ0) is 15.8. The number of carbonyl (C=O) groups excluding carboxylic acids is 3. The fourth-order valence-electron chi connectivity index (χ4n) is 2.13. The van der Waals surface area contributed by atoms with Crippen LogP contribution in [0, 0.1) is 0 Å². The van der Waals surface area contributed by atoms with Gasteiger partial charge in [-0.05, 0) is 32.9 Å². The highest BCUT2D eigenvalue weighted by molar-refractivity contribution is 6.25. The second-order valence-corrected chi connectivity index (χ2v) is 5.66. The van der Waals surface area contributed by atoms with E-state index in [4.69, 9.17) is 4.74 Å². The van der Waals surface area contributed by atoms with E-state index in [0.29, 0.717) is 11.3 Å². The molecule has 2 rings (SSSR count). The molecule has 6 heteroatoms. The van der Waals surface area contributed by atoms with Crippen LogP contribution in [-0.2, 0) is 14.3 Å². The van der Waals surface area contributed by atoms with Crippen molar-refractivity contribution in [3.05, 3.63) is 29.8 Å². The van der Waals surface area contributed by atoms with Gasteiger partial charge in [0.15, 0.2) is 5.78 Å². The van der Waals surface area contributed by atoms with Gasteiger partial charge in [-0.2, -0.15) is 0 Å². The number of esters is 1. The van der Waals surface area contributed by atoms with Crippen LogP contribution in [0.1, 0.15) is 31.1 Å². The van der Waals surface area contributed by atoms with Crippen LogP contribution < -0.4 is 4.90 Å². The monoisotopic (exact) mass is 291 g/mol. The molecule has 0 radical (unpaired) electrons. The molecule has 1 aliphatic rings. The number of ether oxygens (including phenoxy) is 2. The molecule has 0 saturated heterocycles. The molecule has 1 aromatic carbocycles. The molecular weight excluding hydrogens is 274 g/mol. The van der Waals surface area contributed by atoms with Gasteiger partial charge in [0.05, 0.1) is 12.8 Å². The Balaban J connectivity index is 2.46. The number of benzene rings is 1. The van der Waals surface area contributed by atoms with E-state index in [9.17, 15) is 14.4 Å². The first-order valence-electron chi connectivity index (χ1n) is 6.49. The van der Waals surface area contributed by atoms with Crippen molar-refractivity contribution in [2.24, 2.45) is 0 Å². The molecule has 1 aliphatic heterocycles. The number of rotatable bonds is 1. The maximum absolute atomic E-state index is 12.3. The minimum atomic E-state index is -1.33. The van der Waals surface area contributed by atoms with E-state index in [1.165, 1.54) is 7.11 Å². The number of Topliss-reactive ketones (excluding diaryl/α,β-unsaturated/α-hetero) is 1. The van der Waals surface area contributed by atoms with Crippen LogP contribution in [0.15, 0.2) is 24.3 Å². The Kier molecular flexibility index (Phi) is 3.72. The van der Waals surface area contributed by atoms with Crippen molar-refractivity contribution >= 4 is 23.5 Å². The minimum absolute atomic E-state index is 0.304. The van der Waals surface area contributed by atoms with Gasteiger partial charge in [0.25, 0.3) is 0 Å². The Bertz CT molecular complexity index is 602. The van der Waals surface area contributed by atoms with Crippen molar-refractivity contribution in [2.45, 2.75) is 32.4 Å². The summed E-state index contributed by atoms with van der Waals surface area (Å²) in [6.07, 6.45) is -0.754. The van der Waals surface area contributed by atoms with E-state index in [1.807, 2.05) is 0 Å².